The van der Waals surface area contributed by atoms with Crippen LogP contribution in [-0.2, 0) is 11.2 Å². The lowest BCUT2D eigenvalue weighted by molar-refractivity contribution is -0.121. The molecule has 2 N–H and O–H groups in total. The van der Waals surface area contributed by atoms with E-state index in [1.807, 2.05) is 6.92 Å². The number of aromatic nitrogens is 2. The number of hydrogen-bond donors (Lipinski definition) is 2. The smallest absolute Gasteiger partial charge is 0.254 e. The molecular weight excluding hydrogens is 349 g/mol. The number of amides is 1. The number of aromatic amines is 1. The van der Waals surface area contributed by atoms with Crippen molar-refractivity contribution in [2.45, 2.75) is 39.7 Å². The standard InChI is InChI=1S/C17H19Cl2N3O2/c1-9(13-5-4-12(18)8-15(13)19)21-16(23)7-6-14-10(2)20-11(3)22-17(14)24/h4-5,8-9H,6-7H2,1-3H3,(H,21,23)(H,20,22,24)/t9-/m1/s1. The average molecular weight is 368 g/mol. The van der Waals surface area contributed by atoms with Crippen LogP contribution in [0.15, 0.2) is 23.0 Å². The van der Waals surface area contributed by atoms with Gasteiger partial charge in [0.15, 0.2) is 0 Å². The molecule has 1 aromatic carbocycles. The number of benzene rings is 1. The lowest BCUT2D eigenvalue weighted by atomic mass is 10.1. The molecule has 0 saturated heterocycles. The van der Waals surface area contributed by atoms with Gasteiger partial charge >= 0.3 is 0 Å². The summed E-state index contributed by atoms with van der Waals surface area (Å²) in [4.78, 5) is 31.0. The van der Waals surface area contributed by atoms with Gasteiger partial charge in [-0.15, -0.1) is 0 Å². The minimum absolute atomic E-state index is 0.159. The second-order valence-electron chi connectivity index (χ2n) is 5.67. The van der Waals surface area contributed by atoms with Gasteiger partial charge in [0.25, 0.3) is 5.56 Å². The van der Waals surface area contributed by atoms with Crippen molar-refractivity contribution >= 4 is 29.1 Å². The topological polar surface area (TPSA) is 74.8 Å². The van der Waals surface area contributed by atoms with Crippen molar-refractivity contribution < 1.29 is 4.79 Å². The van der Waals surface area contributed by atoms with Gasteiger partial charge in [-0.05, 0) is 44.9 Å². The SMILES string of the molecule is Cc1nc(C)c(CCC(=O)N[C@H](C)c2ccc(Cl)cc2Cl)c(=O)[nH]1. The van der Waals surface area contributed by atoms with Crippen molar-refractivity contribution in [1.82, 2.24) is 15.3 Å². The molecule has 0 radical (unpaired) electrons. The Morgan fingerprint density at radius 2 is 2.04 bits per heavy atom. The maximum absolute atomic E-state index is 12.2. The molecule has 1 amide bonds. The highest BCUT2D eigenvalue weighted by molar-refractivity contribution is 6.35. The summed E-state index contributed by atoms with van der Waals surface area (Å²) in [7, 11) is 0. The first-order valence-corrected chi connectivity index (χ1v) is 8.34. The molecular formula is C17H19Cl2N3O2. The Bertz CT molecular complexity index is 818. The van der Waals surface area contributed by atoms with E-state index < -0.39 is 0 Å². The summed E-state index contributed by atoms with van der Waals surface area (Å²) in [6.07, 6.45) is 0.533. The Kier molecular flexibility index (Phi) is 6.02. The molecule has 2 rings (SSSR count). The van der Waals surface area contributed by atoms with Crippen LogP contribution in [0.2, 0.25) is 10.0 Å². The summed E-state index contributed by atoms with van der Waals surface area (Å²) in [6, 6.07) is 4.90. The van der Waals surface area contributed by atoms with Gasteiger partial charge in [0.1, 0.15) is 5.82 Å². The number of hydrogen-bond acceptors (Lipinski definition) is 3. The first-order valence-electron chi connectivity index (χ1n) is 7.58. The van der Waals surface area contributed by atoms with Gasteiger partial charge in [0, 0.05) is 27.7 Å². The van der Waals surface area contributed by atoms with E-state index in [2.05, 4.69) is 15.3 Å². The van der Waals surface area contributed by atoms with Crippen molar-refractivity contribution in [2.75, 3.05) is 0 Å². The molecule has 2 aromatic rings. The fourth-order valence-electron chi connectivity index (χ4n) is 2.53. The molecule has 24 heavy (non-hydrogen) atoms. The molecule has 0 saturated carbocycles. The normalized spacial score (nSPS) is 12.0. The molecule has 0 fully saturated rings. The Labute approximate surface area is 150 Å². The van der Waals surface area contributed by atoms with Crippen LogP contribution in [0.3, 0.4) is 0 Å². The van der Waals surface area contributed by atoms with Crippen LogP contribution >= 0.6 is 23.2 Å². The highest BCUT2D eigenvalue weighted by Crippen LogP contribution is 2.26. The van der Waals surface area contributed by atoms with Gasteiger partial charge in [-0.1, -0.05) is 29.3 Å². The number of halogens is 2. The third-order valence-corrected chi connectivity index (χ3v) is 4.31. The second-order valence-corrected chi connectivity index (χ2v) is 6.51. The highest BCUT2D eigenvalue weighted by Gasteiger charge is 2.14. The Balaban J connectivity index is 2.00. The van der Waals surface area contributed by atoms with Crippen molar-refractivity contribution in [3.63, 3.8) is 0 Å². The third kappa shape index (κ3) is 4.58. The van der Waals surface area contributed by atoms with E-state index in [1.54, 1.807) is 32.0 Å². The van der Waals surface area contributed by atoms with Crippen LogP contribution in [0.25, 0.3) is 0 Å². The molecule has 0 aliphatic heterocycles. The minimum Gasteiger partial charge on any atom is -0.350 e. The zero-order valence-electron chi connectivity index (χ0n) is 13.7. The maximum Gasteiger partial charge on any atom is 0.254 e. The molecule has 0 aliphatic rings. The van der Waals surface area contributed by atoms with Gasteiger partial charge in [-0.2, -0.15) is 0 Å². The van der Waals surface area contributed by atoms with E-state index in [-0.39, 0.29) is 23.9 Å². The summed E-state index contributed by atoms with van der Waals surface area (Å²) < 4.78 is 0. The van der Waals surface area contributed by atoms with Gasteiger partial charge in [0.2, 0.25) is 5.91 Å². The Morgan fingerprint density at radius 1 is 1.33 bits per heavy atom. The quantitative estimate of drug-likeness (QED) is 0.848. The predicted molar refractivity (Wildman–Crippen MR) is 95.7 cm³/mol. The molecule has 128 valence electrons. The number of nitrogens with one attached hydrogen (secondary N) is 2. The first kappa shape index (κ1) is 18.5. The van der Waals surface area contributed by atoms with Crippen LogP contribution in [0.5, 0.6) is 0 Å². The van der Waals surface area contributed by atoms with Gasteiger partial charge in [-0.3, -0.25) is 9.59 Å². The van der Waals surface area contributed by atoms with Crippen LogP contribution in [0.4, 0.5) is 0 Å². The summed E-state index contributed by atoms with van der Waals surface area (Å²) in [5.74, 6) is 0.407. The number of aryl methyl sites for hydroxylation is 2. The summed E-state index contributed by atoms with van der Waals surface area (Å²) in [5, 5.41) is 3.93. The van der Waals surface area contributed by atoms with Gasteiger partial charge in [0.05, 0.1) is 6.04 Å². The predicted octanol–water partition coefficient (Wildman–Crippen LogP) is 3.50. The number of H-pyrrole nitrogens is 1. The van der Waals surface area contributed by atoms with E-state index in [0.717, 1.165) is 5.56 Å². The van der Waals surface area contributed by atoms with Crippen molar-refractivity contribution in [3.8, 4) is 0 Å². The largest absolute Gasteiger partial charge is 0.350 e. The molecule has 1 atom stereocenters. The number of carbonyl (C=O) groups excluding carboxylic acids is 1. The molecule has 0 aliphatic carbocycles. The lowest BCUT2D eigenvalue weighted by Crippen LogP contribution is -2.28. The molecule has 0 unspecified atom stereocenters. The monoisotopic (exact) mass is 367 g/mol. The van der Waals surface area contributed by atoms with E-state index >= 15 is 0 Å². The van der Waals surface area contributed by atoms with E-state index in [1.165, 1.54) is 0 Å². The zero-order chi connectivity index (χ0) is 17.9. The first-order chi connectivity index (χ1) is 11.3. The van der Waals surface area contributed by atoms with E-state index in [4.69, 9.17) is 23.2 Å². The summed E-state index contributed by atoms with van der Waals surface area (Å²) in [6.45, 7) is 5.34. The van der Waals surface area contributed by atoms with E-state index in [9.17, 15) is 9.59 Å². The van der Waals surface area contributed by atoms with E-state index in [0.29, 0.717) is 33.5 Å². The maximum atomic E-state index is 12.2. The minimum atomic E-state index is -0.252. The molecule has 5 nitrogen and oxygen atoms in total. The Morgan fingerprint density at radius 3 is 2.67 bits per heavy atom. The fraction of sp³-hybridized carbons (Fsp3) is 0.353. The second kappa shape index (κ2) is 7.81. The van der Waals surface area contributed by atoms with Crippen LogP contribution in [0, 0.1) is 13.8 Å². The van der Waals surface area contributed by atoms with Crippen molar-refractivity contribution in [3.05, 3.63) is 61.2 Å². The Hall–Kier alpha value is -1.85. The van der Waals surface area contributed by atoms with Gasteiger partial charge in [-0.25, -0.2) is 4.98 Å². The summed E-state index contributed by atoms with van der Waals surface area (Å²) in [5.41, 5.74) is 1.79. The lowest BCUT2D eigenvalue weighted by Gasteiger charge is -2.16. The van der Waals surface area contributed by atoms with Crippen LogP contribution in [-0.4, -0.2) is 15.9 Å². The zero-order valence-corrected chi connectivity index (χ0v) is 15.3. The van der Waals surface area contributed by atoms with Gasteiger partial charge < -0.3 is 10.3 Å². The molecule has 1 aromatic heterocycles. The van der Waals surface area contributed by atoms with Crippen LogP contribution < -0.4 is 10.9 Å². The molecule has 0 bridgehead atoms. The summed E-state index contributed by atoms with van der Waals surface area (Å²) >= 11 is 12.0. The highest BCUT2D eigenvalue weighted by atomic mass is 35.5. The number of nitrogens with zero attached hydrogens (tertiary/aromatic N) is 1. The van der Waals surface area contributed by atoms with Crippen molar-refractivity contribution in [1.29, 1.82) is 0 Å². The number of carbonyl (C=O) groups is 1. The fourth-order valence-corrected chi connectivity index (χ4v) is 3.10. The molecule has 1 heterocycles. The molecule has 7 heteroatoms. The molecule has 0 spiro atoms. The average Bonchev–Trinajstić information content (AvgIpc) is 2.45. The van der Waals surface area contributed by atoms with Crippen LogP contribution in [0.1, 0.15) is 42.0 Å². The number of rotatable bonds is 5. The third-order valence-electron chi connectivity index (χ3n) is 3.75. The van der Waals surface area contributed by atoms with Crippen molar-refractivity contribution in [2.24, 2.45) is 0 Å².